The highest BCUT2D eigenvalue weighted by molar-refractivity contribution is 5.78. The molecule has 1 aliphatic rings. The zero-order valence-corrected chi connectivity index (χ0v) is 14.9. The number of hydrogen-bond acceptors (Lipinski definition) is 3. The maximum absolute atomic E-state index is 13.4. The van der Waals surface area contributed by atoms with Crippen molar-refractivity contribution in [3.63, 3.8) is 0 Å². The highest BCUT2D eigenvalue weighted by Gasteiger charge is 2.35. The number of benzene rings is 1. The van der Waals surface area contributed by atoms with E-state index in [1.807, 2.05) is 13.8 Å². The molecule has 1 aliphatic carbocycles. The molecule has 1 N–H and O–H groups in total. The second kappa shape index (κ2) is 6.98. The van der Waals surface area contributed by atoms with Crippen molar-refractivity contribution in [2.75, 3.05) is 0 Å². The van der Waals surface area contributed by atoms with Crippen LogP contribution in [0.1, 0.15) is 69.4 Å². The molecule has 0 spiro atoms. The molecular weight excluding hydrogens is 329 g/mol. The molecule has 0 amide bonds. The van der Waals surface area contributed by atoms with Gasteiger partial charge in [-0.2, -0.15) is 13.2 Å². The fourth-order valence-corrected chi connectivity index (χ4v) is 3.55. The Hall–Kier alpha value is -1.56. The van der Waals surface area contributed by atoms with Crippen molar-refractivity contribution in [2.45, 2.75) is 71.1 Å². The summed E-state index contributed by atoms with van der Waals surface area (Å²) in [7, 11) is 0. The minimum atomic E-state index is -4.46. The van der Waals surface area contributed by atoms with E-state index in [0.29, 0.717) is 30.0 Å². The van der Waals surface area contributed by atoms with Crippen LogP contribution in [0.25, 0.3) is 11.1 Å². The van der Waals surface area contributed by atoms with E-state index in [9.17, 15) is 13.2 Å². The topological polar surface area (TPSA) is 38.1 Å². The summed E-state index contributed by atoms with van der Waals surface area (Å²) < 4.78 is 45.7. The van der Waals surface area contributed by atoms with Gasteiger partial charge in [-0.15, -0.1) is 0 Å². The largest absolute Gasteiger partial charge is 0.440 e. The predicted molar refractivity (Wildman–Crippen MR) is 91.4 cm³/mol. The van der Waals surface area contributed by atoms with Gasteiger partial charge in [0.05, 0.1) is 0 Å². The number of nitrogens with one attached hydrogen (secondary N) is 1. The molecule has 1 saturated carbocycles. The maximum Gasteiger partial charge on any atom is 0.420 e. The van der Waals surface area contributed by atoms with Crippen LogP contribution in [0.5, 0.6) is 0 Å². The van der Waals surface area contributed by atoms with Crippen LogP contribution >= 0.6 is 0 Å². The Morgan fingerprint density at radius 2 is 2.04 bits per heavy atom. The lowest BCUT2D eigenvalue weighted by Crippen LogP contribution is -2.33. The summed E-state index contributed by atoms with van der Waals surface area (Å²) in [6.07, 6.45) is 0.114. The van der Waals surface area contributed by atoms with Gasteiger partial charge in [0.1, 0.15) is 11.1 Å². The lowest BCUT2D eigenvalue weighted by atomic mass is 9.87. The van der Waals surface area contributed by atoms with Crippen LogP contribution < -0.4 is 5.32 Å². The third kappa shape index (κ3) is 4.17. The maximum atomic E-state index is 13.4. The third-order valence-electron chi connectivity index (χ3n) is 4.90. The zero-order chi connectivity index (χ0) is 18.2. The van der Waals surface area contributed by atoms with E-state index in [0.717, 1.165) is 12.8 Å². The smallest absolute Gasteiger partial charge is 0.420 e. The van der Waals surface area contributed by atoms with E-state index in [-0.39, 0.29) is 17.0 Å². The Balaban J connectivity index is 1.87. The third-order valence-corrected chi connectivity index (χ3v) is 4.90. The van der Waals surface area contributed by atoms with Crippen LogP contribution in [0.2, 0.25) is 0 Å². The molecule has 1 aromatic heterocycles. The SMILES string of the molecule is CC(C)c1nc2cc(CN[C@@H]3CCC[C@@H](C)C3)cc(C(F)(F)F)c2o1. The molecule has 138 valence electrons. The van der Waals surface area contributed by atoms with Gasteiger partial charge in [0.15, 0.2) is 11.5 Å². The minimum absolute atomic E-state index is 0.0567. The van der Waals surface area contributed by atoms with Crippen molar-refractivity contribution < 1.29 is 17.6 Å². The van der Waals surface area contributed by atoms with E-state index < -0.39 is 11.7 Å². The Bertz CT molecular complexity index is 736. The molecule has 0 unspecified atom stereocenters. The summed E-state index contributed by atoms with van der Waals surface area (Å²) in [5.41, 5.74) is -0.0153. The van der Waals surface area contributed by atoms with Gasteiger partial charge < -0.3 is 9.73 Å². The lowest BCUT2D eigenvalue weighted by molar-refractivity contribution is -0.136. The van der Waals surface area contributed by atoms with Gasteiger partial charge >= 0.3 is 6.18 Å². The Kier molecular flexibility index (Phi) is 5.09. The van der Waals surface area contributed by atoms with Crippen LogP contribution in [0.15, 0.2) is 16.5 Å². The van der Waals surface area contributed by atoms with Crippen LogP contribution in [0, 0.1) is 5.92 Å². The molecule has 1 heterocycles. The molecule has 0 bridgehead atoms. The van der Waals surface area contributed by atoms with Gasteiger partial charge in [0, 0.05) is 18.5 Å². The number of oxazole rings is 1. The summed E-state index contributed by atoms with van der Waals surface area (Å²) in [6.45, 7) is 6.35. The van der Waals surface area contributed by atoms with Crippen LogP contribution in [0.4, 0.5) is 13.2 Å². The first-order valence-corrected chi connectivity index (χ1v) is 8.98. The Labute approximate surface area is 146 Å². The zero-order valence-electron chi connectivity index (χ0n) is 14.9. The van der Waals surface area contributed by atoms with Gasteiger partial charge in [0.25, 0.3) is 0 Å². The molecular formula is C19H25F3N2O. The molecule has 1 fully saturated rings. The van der Waals surface area contributed by atoms with E-state index in [4.69, 9.17) is 4.42 Å². The van der Waals surface area contributed by atoms with Crippen molar-refractivity contribution in [3.05, 3.63) is 29.2 Å². The fraction of sp³-hybridized carbons (Fsp3) is 0.632. The normalized spacial score (nSPS) is 22.0. The number of alkyl halides is 3. The monoisotopic (exact) mass is 354 g/mol. The summed E-state index contributed by atoms with van der Waals surface area (Å²) >= 11 is 0. The van der Waals surface area contributed by atoms with Gasteiger partial charge in [-0.05, 0) is 36.5 Å². The second-order valence-corrected chi connectivity index (χ2v) is 7.55. The van der Waals surface area contributed by atoms with Crippen molar-refractivity contribution in [1.29, 1.82) is 0 Å². The molecule has 3 nitrogen and oxygen atoms in total. The quantitative estimate of drug-likeness (QED) is 0.772. The van der Waals surface area contributed by atoms with Crippen LogP contribution in [-0.2, 0) is 12.7 Å². The number of aromatic nitrogens is 1. The standard InChI is InChI=1S/C19H25F3N2O/c1-11(2)18-24-16-9-13(8-15(17(16)25-18)19(20,21)22)10-23-14-6-4-5-12(3)7-14/h8-9,11-12,14,23H,4-7,10H2,1-3H3/t12-,14-/m1/s1. The molecule has 6 heteroatoms. The summed E-state index contributed by atoms with van der Waals surface area (Å²) in [4.78, 5) is 4.26. The number of halogens is 3. The molecule has 25 heavy (non-hydrogen) atoms. The average Bonchev–Trinajstić information content (AvgIpc) is 2.95. The minimum Gasteiger partial charge on any atom is -0.440 e. The molecule has 0 radical (unpaired) electrons. The molecule has 2 atom stereocenters. The van der Waals surface area contributed by atoms with Crippen LogP contribution in [-0.4, -0.2) is 11.0 Å². The molecule has 1 aromatic carbocycles. The molecule has 0 aliphatic heterocycles. The number of hydrogen-bond donors (Lipinski definition) is 1. The van der Waals surface area contributed by atoms with E-state index in [1.165, 1.54) is 18.9 Å². The predicted octanol–water partition coefficient (Wildman–Crippen LogP) is 5.64. The number of fused-ring (bicyclic) bond motifs is 1. The molecule has 0 saturated heterocycles. The van der Waals surface area contributed by atoms with Gasteiger partial charge in [-0.25, -0.2) is 4.98 Å². The van der Waals surface area contributed by atoms with E-state index in [1.54, 1.807) is 6.07 Å². The van der Waals surface area contributed by atoms with Crippen molar-refractivity contribution in [1.82, 2.24) is 10.3 Å². The van der Waals surface area contributed by atoms with E-state index >= 15 is 0 Å². The summed E-state index contributed by atoms with van der Waals surface area (Å²) in [5.74, 6) is 0.953. The Morgan fingerprint density at radius 1 is 1.28 bits per heavy atom. The molecule has 3 rings (SSSR count). The first kappa shape index (κ1) is 18.2. The van der Waals surface area contributed by atoms with E-state index in [2.05, 4.69) is 17.2 Å². The number of rotatable bonds is 4. The van der Waals surface area contributed by atoms with Crippen LogP contribution in [0.3, 0.4) is 0 Å². The average molecular weight is 354 g/mol. The fourth-order valence-electron chi connectivity index (χ4n) is 3.55. The lowest BCUT2D eigenvalue weighted by Gasteiger charge is -2.27. The van der Waals surface area contributed by atoms with Gasteiger partial charge in [-0.1, -0.05) is 33.6 Å². The first-order valence-electron chi connectivity index (χ1n) is 8.98. The highest BCUT2D eigenvalue weighted by atomic mass is 19.4. The van der Waals surface area contributed by atoms with Crippen molar-refractivity contribution in [3.8, 4) is 0 Å². The highest BCUT2D eigenvalue weighted by Crippen LogP contribution is 2.37. The first-order chi connectivity index (χ1) is 11.7. The van der Waals surface area contributed by atoms with Gasteiger partial charge in [0.2, 0.25) is 0 Å². The number of nitrogens with zero attached hydrogens (tertiary/aromatic N) is 1. The van der Waals surface area contributed by atoms with Crippen molar-refractivity contribution in [2.24, 2.45) is 5.92 Å². The second-order valence-electron chi connectivity index (χ2n) is 7.55. The van der Waals surface area contributed by atoms with Crippen molar-refractivity contribution >= 4 is 11.1 Å². The Morgan fingerprint density at radius 3 is 2.68 bits per heavy atom. The summed E-state index contributed by atoms with van der Waals surface area (Å²) in [5, 5.41) is 3.42. The molecule has 2 aromatic rings. The summed E-state index contributed by atoms with van der Waals surface area (Å²) in [6, 6.07) is 3.27. The van der Waals surface area contributed by atoms with Gasteiger partial charge in [-0.3, -0.25) is 0 Å².